The van der Waals surface area contributed by atoms with Crippen molar-refractivity contribution in [3.8, 4) is 11.5 Å². The lowest BCUT2D eigenvalue weighted by molar-refractivity contribution is -0.148. The Kier molecular flexibility index (Phi) is 7.71. The lowest BCUT2D eigenvalue weighted by Gasteiger charge is -2.18. The molecule has 0 spiro atoms. The number of nitrogens with one attached hydrogen (secondary N) is 1. The highest BCUT2D eigenvalue weighted by Crippen LogP contribution is 2.34. The van der Waals surface area contributed by atoms with Gasteiger partial charge in [0.1, 0.15) is 17.9 Å². The van der Waals surface area contributed by atoms with Crippen LogP contribution in [0.15, 0.2) is 36.7 Å². The molecule has 1 atom stereocenters. The van der Waals surface area contributed by atoms with Gasteiger partial charge >= 0.3 is 5.97 Å². The number of halogens is 1. The zero-order valence-electron chi connectivity index (χ0n) is 18.9. The van der Waals surface area contributed by atoms with Crippen LogP contribution < -0.4 is 10.1 Å². The number of hydrogen-bond acceptors (Lipinski definition) is 8. The van der Waals surface area contributed by atoms with Crippen LogP contribution in [0.2, 0.25) is 5.02 Å². The van der Waals surface area contributed by atoms with Gasteiger partial charge in [0.2, 0.25) is 0 Å². The van der Waals surface area contributed by atoms with Gasteiger partial charge in [-0.1, -0.05) is 31.5 Å². The third-order valence-corrected chi connectivity index (χ3v) is 5.64. The van der Waals surface area contributed by atoms with E-state index in [9.17, 15) is 14.7 Å². The van der Waals surface area contributed by atoms with E-state index in [0.29, 0.717) is 38.7 Å². The normalized spacial score (nSPS) is 11.9. The molecule has 33 heavy (non-hydrogen) atoms. The van der Waals surface area contributed by atoms with Crippen molar-refractivity contribution in [3.05, 3.63) is 47.2 Å². The van der Waals surface area contributed by atoms with E-state index in [4.69, 9.17) is 21.1 Å². The highest BCUT2D eigenvalue weighted by molar-refractivity contribution is 6.31. The molecule has 1 heterocycles. The van der Waals surface area contributed by atoms with Crippen LogP contribution in [0.3, 0.4) is 0 Å². The quantitative estimate of drug-likeness (QED) is 0.432. The molecule has 0 radical (unpaired) electrons. The Morgan fingerprint density at radius 3 is 2.58 bits per heavy atom. The first-order valence-corrected chi connectivity index (χ1v) is 10.8. The Hall–Kier alpha value is -3.39. The number of benzene rings is 2. The van der Waals surface area contributed by atoms with E-state index in [-0.39, 0.29) is 30.3 Å². The van der Waals surface area contributed by atoms with Crippen LogP contribution in [0.25, 0.3) is 10.9 Å². The van der Waals surface area contributed by atoms with E-state index in [0.717, 1.165) is 0 Å². The van der Waals surface area contributed by atoms with E-state index >= 15 is 0 Å². The highest BCUT2D eigenvalue weighted by Gasteiger charge is 2.26. The molecule has 0 fully saturated rings. The molecule has 0 aliphatic rings. The maximum Gasteiger partial charge on any atom is 0.309 e. The van der Waals surface area contributed by atoms with Crippen LogP contribution in [-0.2, 0) is 20.7 Å². The lowest BCUT2D eigenvalue weighted by atomic mass is 9.89. The Morgan fingerprint density at radius 2 is 1.91 bits per heavy atom. The first-order chi connectivity index (χ1) is 15.7. The van der Waals surface area contributed by atoms with Crippen LogP contribution >= 0.6 is 11.6 Å². The summed E-state index contributed by atoms with van der Waals surface area (Å²) in [5, 5.41) is 14.4. The van der Waals surface area contributed by atoms with Crippen molar-refractivity contribution >= 4 is 45.8 Å². The van der Waals surface area contributed by atoms with E-state index < -0.39 is 11.9 Å². The highest BCUT2D eigenvalue weighted by atomic mass is 35.5. The van der Waals surface area contributed by atoms with Gasteiger partial charge in [0.25, 0.3) is 0 Å². The molecule has 174 valence electrons. The number of ether oxygens (including phenoxy) is 2. The van der Waals surface area contributed by atoms with Gasteiger partial charge in [-0.05, 0) is 29.7 Å². The summed E-state index contributed by atoms with van der Waals surface area (Å²) < 4.78 is 9.99. The molecule has 1 aromatic heterocycles. The summed E-state index contributed by atoms with van der Waals surface area (Å²) in [5.74, 6) is -0.340. The molecule has 0 saturated carbocycles. The molecular formula is C24H26ClN3O5. The molecule has 0 amide bonds. The minimum atomic E-state index is -0.505. The largest absolute Gasteiger partial charge is 0.504 e. The number of hydrogen-bond donors (Lipinski definition) is 2. The van der Waals surface area contributed by atoms with Gasteiger partial charge in [-0.2, -0.15) is 0 Å². The fourth-order valence-electron chi connectivity index (χ4n) is 3.55. The lowest BCUT2D eigenvalue weighted by Crippen LogP contribution is -2.25. The summed E-state index contributed by atoms with van der Waals surface area (Å²) >= 11 is 6.21. The summed E-state index contributed by atoms with van der Waals surface area (Å²) in [5.41, 5.74) is 1.85. The molecule has 3 rings (SSSR count). The van der Waals surface area contributed by atoms with E-state index in [1.807, 2.05) is 13.8 Å². The molecule has 0 bridgehead atoms. The Labute approximate surface area is 196 Å². The zero-order valence-corrected chi connectivity index (χ0v) is 19.6. The smallest absolute Gasteiger partial charge is 0.309 e. The summed E-state index contributed by atoms with van der Waals surface area (Å²) in [6, 6.07) is 8.27. The Balaban J connectivity index is 1.90. The third kappa shape index (κ3) is 5.70. The van der Waals surface area contributed by atoms with Gasteiger partial charge in [0, 0.05) is 35.0 Å². The molecule has 2 aromatic carbocycles. The number of rotatable bonds is 9. The summed E-state index contributed by atoms with van der Waals surface area (Å²) in [4.78, 5) is 33.4. The van der Waals surface area contributed by atoms with Crippen LogP contribution in [0.5, 0.6) is 11.5 Å². The van der Waals surface area contributed by atoms with Gasteiger partial charge < -0.3 is 19.9 Å². The third-order valence-electron chi connectivity index (χ3n) is 5.40. The summed E-state index contributed by atoms with van der Waals surface area (Å²) in [7, 11) is 2.78. The predicted octanol–water partition coefficient (Wildman–Crippen LogP) is 4.69. The Morgan fingerprint density at radius 1 is 1.15 bits per heavy atom. The number of methoxy groups -OCH3 is 2. The van der Waals surface area contributed by atoms with Gasteiger partial charge in [0.05, 0.1) is 25.7 Å². The molecule has 0 aliphatic heterocycles. The first-order valence-electron chi connectivity index (χ1n) is 10.4. The maximum absolute atomic E-state index is 12.8. The summed E-state index contributed by atoms with van der Waals surface area (Å²) in [6.07, 6.45) is 1.57. The van der Waals surface area contributed by atoms with E-state index in [1.54, 1.807) is 24.3 Å². The molecule has 0 saturated heterocycles. The standard InChI is InChI=1S/C24H26ClN3O5/c1-13(2)17(24(31)33-4)9-16(29)7-14-5-6-15(25)8-19(14)28-23-18-10-21(30)22(32-3)11-20(18)26-12-27-23/h5-6,8,10-13,17,30H,7,9H2,1-4H3,(H,26,27,28)/t17-/m1/s1. The first kappa shape index (κ1) is 24.3. The second kappa shape index (κ2) is 10.5. The van der Waals surface area contributed by atoms with E-state index in [2.05, 4.69) is 15.3 Å². The maximum atomic E-state index is 12.8. The summed E-state index contributed by atoms with van der Waals surface area (Å²) in [6.45, 7) is 3.77. The SMILES string of the molecule is COC(=O)[C@H](CC(=O)Cc1ccc(Cl)cc1Nc1ncnc2cc(OC)c(O)cc12)C(C)C. The number of Topliss-reactive ketones (excluding diaryl/α,β-unsaturated/α-hetero) is 1. The van der Waals surface area contributed by atoms with Crippen LogP contribution in [0, 0.1) is 11.8 Å². The second-order valence-electron chi connectivity index (χ2n) is 7.98. The second-order valence-corrected chi connectivity index (χ2v) is 8.42. The van der Waals surface area contributed by atoms with Crippen molar-refractivity contribution in [3.63, 3.8) is 0 Å². The number of ketones is 1. The van der Waals surface area contributed by atoms with Gasteiger partial charge in [0.15, 0.2) is 11.5 Å². The van der Waals surface area contributed by atoms with E-state index in [1.165, 1.54) is 26.6 Å². The molecule has 9 heteroatoms. The number of aromatic hydroxyl groups is 1. The molecule has 8 nitrogen and oxygen atoms in total. The van der Waals surface area contributed by atoms with Crippen LogP contribution in [0.1, 0.15) is 25.8 Å². The van der Waals surface area contributed by atoms with Gasteiger partial charge in [-0.25, -0.2) is 9.97 Å². The minimum Gasteiger partial charge on any atom is -0.504 e. The van der Waals surface area contributed by atoms with Crippen molar-refractivity contribution in [2.75, 3.05) is 19.5 Å². The number of aromatic nitrogens is 2. The zero-order chi connectivity index (χ0) is 24.1. The molecule has 0 aliphatic carbocycles. The number of phenolic OH excluding ortho intramolecular Hbond substituents is 1. The number of fused-ring (bicyclic) bond motifs is 1. The number of phenols is 1. The van der Waals surface area contributed by atoms with Crippen LogP contribution in [-0.4, -0.2) is 41.0 Å². The van der Waals surface area contributed by atoms with Crippen LogP contribution in [0.4, 0.5) is 11.5 Å². The number of carbonyl (C=O) groups excluding carboxylic acids is 2. The van der Waals surface area contributed by atoms with Crippen molar-refractivity contribution in [2.45, 2.75) is 26.7 Å². The fraction of sp³-hybridized carbons (Fsp3) is 0.333. The van der Waals surface area contributed by atoms with Crippen molar-refractivity contribution in [1.29, 1.82) is 0 Å². The number of esters is 1. The topological polar surface area (TPSA) is 111 Å². The number of carbonyl (C=O) groups is 2. The van der Waals surface area contributed by atoms with Gasteiger partial charge in [-0.15, -0.1) is 0 Å². The Bertz CT molecular complexity index is 1180. The van der Waals surface area contributed by atoms with Crippen molar-refractivity contribution in [1.82, 2.24) is 9.97 Å². The fourth-order valence-corrected chi connectivity index (χ4v) is 3.73. The molecule has 3 aromatic rings. The predicted molar refractivity (Wildman–Crippen MR) is 126 cm³/mol. The number of anilines is 2. The van der Waals surface area contributed by atoms with Gasteiger partial charge in [-0.3, -0.25) is 9.59 Å². The molecule has 2 N–H and O–H groups in total. The van der Waals surface area contributed by atoms with Crippen molar-refractivity contribution < 1.29 is 24.2 Å². The molecular weight excluding hydrogens is 446 g/mol. The number of nitrogens with zero attached hydrogens (tertiary/aromatic N) is 2. The minimum absolute atomic E-state index is 0.0266. The average molecular weight is 472 g/mol. The molecule has 0 unspecified atom stereocenters. The van der Waals surface area contributed by atoms with Crippen molar-refractivity contribution in [2.24, 2.45) is 11.8 Å². The average Bonchev–Trinajstić information content (AvgIpc) is 2.78. The monoisotopic (exact) mass is 471 g/mol.